The zero-order valence-electron chi connectivity index (χ0n) is 11.4. The summed E-state index contributed by atoms with van der Waals surface area (Å²) in [4.78, 5) is 0. The van der Waals surface area contributed by atoms with Gasteiger partial charge in [0, 0.05) is 0 Å². The highest BCUT2D eigenvalue weighted by molar-refractivity contribution is 5.46. The predicted octanol–water partition coefficient (Wildman–Crippen LogP) is 4.35. The number of ether oxygens (including phenoxy) is 1. The van der Waals surface area contributed by atoms with Gasteiger partial charge in [-0.15, -0.1) is 0 Å². The molecule has 0 saturated carbocycles. The standard InChI is InChI=1S/C17H14N2O/c1-12(2)15-3-5-16(6-4-15)20-17-8-13(10-18)7-14(9-17)11-19/h3-9,12H,1-2H3. The van der Waals surface area contributed by atoms with Crippen molar-refractivity contribution in [2.24, 2.45) is 0 Å². The lowest BCUT2D eigenvalue weighted by Crippen LogP contribution is -1.90. The Morgan fingerprint density at radius 1 is 0.850 bits per heavy atom. The largest absolute Gasteiger partial charge is 0.457 e. The van der Waals surface area contributed by atoms with E-state index in [-0.39, 0.29) is 0 Å². The van der Waals surface area contributed by atoms with Crippen molar-refractivity contribution in [1.29, 1.82) is 10.5 Å². The van der Waals surface area contributed by atoms with E-state index >= 15 is 0 Å². The third-order valence-electron chi connectivity index (χ3n) is 2.95. The molecule has 2 rings (SSSR count). The molecule has 0 fully saturated rings. The van der Waals surface area contributed by atoms with Gasteiger partial charge in [-0.2, -0.15) is 10.5 Å². The molecule has 0 aromatic heterocycles. The fourth-order valence-corrected chi connectivity index (χ4v) is 1.84. The van der Waals surface area contributed by atoms with Gasteiger partial charge in [-0.05, 0) is 41.8 Å². The highest BCUT2D eigenvalue weighted by atomic mass is 16.5. The van der Waals surface area contributed by atoms with E-state index in [2.05, 4.69) is 13.8 Å². The van der Waals surface area contributed by atoms with E-state index in [9.17, 15) is 0 Å². The lowest BCUT2D eigenvalue weighted by Gasteiger charge is -2.09. The molecule has 0 aliphatic rings. The molecule has 0 bridgehead atoms. The van der Waals surface area contributed by atoms with Gasteiger partial charge in [0.05, 0.1) is 23.3 Å². The maximum absolute atomic E-state index is 8.93. The summed E-state index contributed by atoms with van der Waals surface area (Å²) in [7, 11) is 0. The Balaban J connectivity index is 2.26. The molecule has 0 saturated heterocycles. The molecular formula is C17H14N2O. The molecular weight excluding hydrogens is 248 g/mol. The Labute approximate surface area is 118 Å². The Hall–Kier alpha value is -2.78. The SMILES string of the molecule is CC(C)c1ccc(Oc2cc(C#N)cc(C#N)c2)cc1. The fourth-order valence-electron chi connectivity index (χ4n) is 1.84. The summed E-state index contributed by atoms with van der Waals surface area (Å²) < 4.78 is 5.70. The van der Waals surface area contributed by atoms with Crippen LogP contribution in [0.5, 0.6) is 11.5 Å². The lowest BCUT2D eigenvalue weighted by atomic mass is 10.0. The molecule has 0 N–H and O–H groups in total. The molecule has 0 aliphatic heterocycles. The van der Waals surface area contributed by atoms with E-state index in [4.69, 9.17) is 15.3 Å². The molecule has 0 radical (unpaired) electrons. The van der Waals surface area contributed by atoms with Crippen molar-refractivity contribution in [3.8, 4) is 23.6 Å². The highest BCUT2D eigenvalue weighted by Crippen LogP contribution is 2.25. The average Bonchev–Trinajstić information content (AvgIpc) is 2.47. The van der Waals surface area contributed by atoms with Crippen molar-refractivity contribution < 1.29 is 4.74 Å². The molecule has 3 heteroatoms. The summed E-state index contributed by atoms with van der Waals surface area (Å²) >= 11 is 0. The zero-order chi connectivity index (χ0) is 14.5. The van der Waals surface area contributed by atoms with Crippen LogP contribution in [0.1, 0.15) is 36.5 Å². The van der Waals surface area contributed by atoms with Crippen LogP contribution in [0.2, 0.25) is 0 Å². The first kappa shape index (κ1) is 13.6. The topological polar surface area (TPSA) is 56.8 Å². The van der Waals surface area contributed by atoms with Gasteiger partial charge in [0.25, 0.3) is 0 Å². The number of nitriles is 2. The van der Waals surface area contributed by atoms with Crippen LogP contribution in [0, 0.1) is 22.7 Å². The average molecular weight is 262 g/mol. The van der Waals surface area contributed by atoms with Crippen LogP contribution in [0.25, 0.3) is 0 Å². The Bertz CT molecular complexity index is 656. The van der Waals surface area contributed by atoms with Crippen molar-refractivity contribution in [1.82, 2.24) is 0 Å². The van der Waals surface area contributed by atoms with Crippen molar-refractivity contribution in [2.75, 3.05) is 0 Å². The van der Waals surface area contributed by atoms with E-state index in [1.54, 1.807) is 12.1 Å². The molecule has 0 unspecified atom stereocenters. The van der Waals surface area contributed by atoms with Crippen molar-refractivity contribution in [3.63, 3.8) is 0 Å². The number of hydrogen-bond acceptors (Lipinski definition) is 3. The van der Waals surface area contributed by atoms with Gasteiger partial charge < -0.3 is 4.74 Å². The second-order valence-electron chi connectivity index (χ2n) is 4.80. The molecule has 98 valence electrons. The Morgan fingerprint density at radius 3 is 1.85 bits per heavy atom. The van der Waals surface area contributed by atoms with E-state index in [1.165, 1.54) is 11.6 Å². The first-order valence-electron chi connectivity index (χ1n) is 6.35. The van der Waals surface area contributed by atoms with E-state index in [0.29, 0.717) is 28.5 Å². The highest BCUT2D eigenvalue weighted by Gasteiger charge is 2.04. The van der Waals surface area contributed by atoms with Gasteiger partial charge in [-0.1, -0.05) is 26.0 Å². The summed E-state index contributed by atoms with van der Waals surface area (Å²) in [6.45, 7) is 4.26. The van der Waals surface area contributed by atoms with Crippen LogP contribution in [-0.2, 0) is 0 Å². The van der Waals surface area contributed by atoms with E-state index < -0.39 is 0 Å². The first-order chi connectivity index (χ1) is 9.62. The predicted molar refractivity (Wildman–Crippen MR) is 76.5 cm³/mol. The van der Waals surface area contributed by atoms with Crippen molar-refractivity contribution in [3.05, 3.63) is 59.2 Å². The summed E-state index contributed by atoms with van der Waals surface area (Å²) in [5, 5.41) is 17.9. The van der Waals surface area contributed by atoms with Crippen molar-refractivity contribution in [2.45, 2.75) is 19.8 Å². The lowest BCUT2D eigenvalue weighted by molar-refractivity contribution is 0.482. The maximum atomic E-state index is 8.93. The first-order valence-corrected chi connectivity index (χ1v) is 6.35. The van der Waals surface area contributed by atoms with Crippen LogP contribution in [0.4, 0.5) is 0 Å². The van der Waals surface area contributed by atoms with Gasteiger partial charge in [-0.25, -0.2) is 0 Å². The second kappa shape index (κ2) is 5.91. The Kier molecular flexibility index (Phi) is 4.03. The van der Waals surface area contributed by atoms with E-state index in [0.717, 1.165) is 0 Å². The molecule has 0 aliphatic carbocycles. The van der Waals surface area contributed by atoms with Crippen LogP contribution in [-0.4, -0.2) is 0 Å². The minimum Gasteiger partial charge on any atom is -0.457 e. The van der Waals surface area contributed by atoms with Gasteiger partial charge in [0.2, 0.25) is 0 Å². The number of benzene rings is 2. The van der Waals surface area contributed by atoms with Crippen LogP contribution in [0.3, 0.4) is 0 Å². The number of rotatable bonds is 3. The van der Waals surface area contributed by atoms with Gasteiger partial charge in [0.15, 0.2) is 0 Å². The quantitative estimate of drug-likeness (QED) is 0.826. The number of hydrogen-bond donors (Lipinski definition) is 0. The third-order valence-corrected chi connectivity index (χ3v) is 2.95. The van der Waals surface area contributed by atoms with Gasteiger partial charge >= 0.3 is 0 Å². The third kappa shape index (κ3) is 3.16. The number of nitrogens with zero attached hydrogens (tertiary/aromatic N) is 2. The smallest absolute Gasteiger partial charge is 0.130 e. The molecule has 2 aromatic rings. The van der Waals surface area contributed by atoms with Crippen LogP contribution >= 0.6 is 0 Å². The normalized spacial score (nSPS) is 9.85. The van der Waals surface area contributed by atoms with E-state index in [1.807, 2.05) is 36.4 Å². The molecule has 0 amide bonds. The zero-order valence-corrected chi connectivity index (χ0v) is 11.4. The van der Waals surface area contributed by atoms with Crippen LogP contribution in [0.15, 0.2) is 42.5 Å². The summed E-state index contributed by atoms with van der Waals surface area (Å²) in [5.74, 6) is 1.66. The fraction of sp³-hybridized carbons (Fsp3) is 0.176. The van der Waals surface area contributed by atoms with Crippen LogP contribution < -0.4 is 4.74 Å². The molecule has 2 aromatic carbocycles. The molecule has 0 heterocycles. The Morgan fingerprint density at radius 2 is 1.40 bits per heavy atom. The molecule has 0 atom stereocenters. The van der Waals surface area contributed by atoms with Gasteiger partial charge in [-0.3, -0.25) is 0 Å². The summed E-state index contributed by atoms with van der Waals surface area (Å²) in [6, 6.07) is 16.6. The monoisotopic (exact) mass is 262 g/mol. The minimum absolute atomic E-state index is 0.415. The minimum atomic E-state index is 0.415. The van der Waals surface area contributed by atoms with Crippen molar-refractivity contribution >= 4 is 0 Å². The molecule has 3 nitrogen and oxygen atoms in total. The second-order valence-corrected chi connectivity index (χ2v) is 4.80. The van der Waals surface area contributed by atoms with Gasteiger partial charge in [0.1, 0.15) is 11.5 Å². The molecule has 20 heavy (non-hydrogen) atoms. The maximum Gasteiger partial charge on any atom is 0.130 e. The summed E-state index contributed by atoms with van der Waals surface area (Å²) in [6.07, 6.45) is 0. The summed E-state index contributed by atoms with van der Waals surface area (Å²) in [5.41, 5.74) is 2.07. The molecule has 0 spiro atoms.